The van der Waals surface area contributed by atoms with Crippen molar-refractivity contribution in [3.8, 4) is 11.3 Å². The largest absolute Gasteiger partial charge is 0.326 e. The van der Waals surface area contributed by atoms with Crippen LogP contribution in [-0.4, -0.2) is 16.1 Å². The first kappa shape index (κ1) is 14.3. The average molecular weight is 271 g/mol. The van der Waals surface area contributed by atoms with Crippen LogP contribution in [-0.2, 0) is 4.79 Å². The predicted octanol–water partition coefficient (Wildman–Crippen LogP) is 3.76. The highest BCUT2D eigenvalue weighted by molar-refractivity contribution is 5.91. The highest BCUT2D eigenvalue weighted by Gasteiger charge is 2.15. The van der Waals surface area contributed by atoms with E-state index in [-0.39, 0.29) is 11.3 Å². The van der Waals surface area contributed by atoms with Crippen LogP contribution in [0.15, 0.2) is 30.3 Å². The standard InChI is InChI=1S/C16H21N3O/c1-11-9-14(19-18-11)12-5-7-13(8-6-12)17-15(20)10-16(2,3)4/h5-9H,10H2,1-4H3,(H,17,20)(H,18,19). The molecule has 0 fully saturated rings. The molecular weight excluding hydrogens is 250 g/mol. The Labute approximate surface area is 119 Å². The van der Waals surface area contributed by atoms with E-state index in [0.717, 1.165) is 22.6 Å². The van der Waals surface area contributed by atoms with E-state index in [2.05, 4.69) is 36.3 Å². The molecule has 1 aromatic carbocycles. The Morgan fingerprint density at radius 2 is 1.90 bits per heavy atom. The smallest absolute Gasteiger partial charge is 0.224 e. The number of nitrogens with one attached hydrogen (secondary N) is 2. The molecule has 0 aliphatic rings. The van der Waals surface area contributed by atoms with E-state index < -0.39 is 0 Å². The molecule has 0 unspecified atom stereocenters. The molecule has 1 aromatic heterocycles. The zero-order valence-corrected chi connectivity index (χ0v) is 12.4. The van der Waals surface area contributed by atoms with Crippen molar-refractivity contribution in [1.29, 1.82) is 0 Å². The highest BCUT2D eigenvalue weighted by atomic mass is 16.1. The molecule has 0 aliphatic carbocycles. The Balaban J connectivity index is 2.03. The van der Waals surface area contributed by atoms with Gasteiger partial charge in [-0.05, 0) is 30.5 Å². The van der Waals surface area contributed by atoms with Gasteiger partial charge in [0.05, 0.1) is 5.69 Å². The number of amides is 1. The van der Waals surface area contributed by atoms with Crippen molar-refractivity contribution in [3.63, 3.8) is 0 Å². The molecule has 2 rings (SSSR count). The number of anilines is 1. The molecule has 0 spiro atoms. The van der Waals surface area contributed by atoms with E-state index in [0.29, 0.717) is 6.42 Å². The van der Waals surface area contributed by atoms with Crippen molar-refractivity contribution in [3.05, 3.63) is 36.0 Å². The van der Waals surface area contributed by atoms with Crippen LogP contribution in [0, 0.1) is 12.3 Å². The zero-order chi connectivity index (χ0) is 14.8. The van der Waals surface area contributed by atoms with E-state index >= 15 is 0 Å². The van der Waals surface area contributed by atoms with Gasteiger partial charge in [0.1, 0.15) is 0 Å². The minimum absolute atomic E-state index is 0.00338. The van der Waals surface area contributed by atoms with Gasteiger partial charge in [-0.25, -0.2) is 0 Å². The lowest BCUT2D eigenvalue weighted by molar-refractivity contribution is -0.117. The van der Waals surface area contributed by atoms with E-state index in [1.54, 1.807) is 0 Å². The van der Waals surface area contributed by atoms with Gasteiger partial charge in [-0.3, -0.25) is 9.89 Å². The van der Waals surface area contributed by atoms with Crippen molar-refractivity contribution in [2.45, 2.75) is 34.1 Å². The molecule has 0 saturated carbocycles. The minimum atomic E-state index is -0.00338. The van der Waals surface area contributed by atoms with Crippen LogP contribution in [0.2, 0.25) is 0 Å². The van der Waals surface area contributed by atoms with Gasteiger partial charge < -0.3 is 5.32 Å². The zero-order valence-electron chi connectivity index (χ0n) is 12.4. The van der Waals surface area contributed by atoms with E-state index in [1.807, 2.05) is 37.3 Å². The molecule has 0 aliphatic heterocycles. The lowest BCUT2D eigenvalue weighted by Gasteiger charge is -2.17. The van der Waals surface area contributed by atoms with Gasteiger partial charge in [0.25, 0.3) is 0 Å². The Kier molecular flexibility index (Phi) is 3.93. The number of rotatable bonds is 3. The maximum atomic E-state index is 11.9. The van der Waals surface area contributed by atoms with Crippen LogP contribution in [0.1, 0.15) is 32.9 Å². The molecule has 2 aromatic rings. The number of carbonyl (C=O) groups is 1. The third-order valence-corrected chi connectivity index (χ3v) is 2.86. The highest BCUT2D eigenvalue weighted by Crippen LogP contribution is 2.22. The number of nitrogens with zero attached hydrogens (tertiary/aromatic N) is 1. The fourth-order valence-corrected chi connectivity index (χ4v) is 1.98. The topological polar surface area (TPSA) is 57.8 Å². The molecule has 2 N–H and O–H groups in total. The molecule has 1 heterocycles. The van der Waals surface area contributed by atoms with Crippen molar-refractivity contribution in [2.24, 2.45) is 5.41 Å². The molecule has 4 nitrogen and oxygen atoms in total. The second-order valence-corrected chi connectivity index (χ2v) is 6.30. The summed E-state index contributed by atoms with van der Waals surface area (Å²) in [4.78, 5) is 11.9. The maximum absolute atomic E-state index is 11.9. The molecule has 0 bridgehead atoms. The Morgan fingerprint density at radius 3 is 2.40 bits per heavy atom. The van der Waals surface area contributed by atoms with Crippen molar-refractivity contribution >= 4 is 11.6 Å². The van der Waals surface area contributed by atoms with Gasteiger partial charge in [0, 0.05) is 23.4 Å². The third-order valence-electron chi connectivity index (χ3n) is 2.86. The normalized spacial score (nSPS) is 11.4. The van der Waals surface area contributed by atoms with Crippen molar-refractivity contribution in [2.75, 3.05) is 5.32 Å². The summed E-state index contributed by atoms with van der Waals surface area (Å²) >= 11 is 0. The Bertz CT molecular complexity index is 591. The van der Waals surface area contributed by atoms with Crippen LogP contribution in [0.4, 0.5) is 5.69 Å². The van der Waals surface area contributed by atoms with Gasteiger partial charge in [0.15, 0.2) is 0 Å². The van der Waals surface area contributed by atoms with E-state index in [9.17, 15) is 4.79 Å². The quantitative estimate of drug-likeness (QED) is 0.893. The summed E-state index contributed by atoms with van der Waals surface area (Å²) in [5.74, 6) is 0.0425. The van der Waals surface area contributed by atoms with Gasteiger partial charge in [-0.1, -0.05) is 32.9 Å². The molecule has 0 atom stereocenters. The monoisotopic (exact) mass is 271 g/mol. The second-order valence-electron chi connectivity index (χ2n) is 6.30. The number of carbonyl (C=O) groups excluding carboxylic acids is 1. The first-order valence-corrected chi connectivity index (χ1v) is 6.76. The first-order chi connectivity index (χ1) is 9.33. The fourth-order valence-electron chi connectivity index (χ4n) is 1.98. The lowest BCUT2D eigenvalue weighted by Crippen LogP contribution is -2.19. The third kappa shape index (κ3) is 3.95. The Hall–Kier alpha value is -2.10. The van der Waals surface area contributed by atoms with Crippen molar-refractivity contribution < 1.29 is 4.79 Å². The number of hydrogen-bond acceptors (Lipinski definition) is 2. The summed E-state index contributed by atoms with van der Waals surface area (Å²) in [7, 11) is 0. The van der Waals surface area contributed by atoms with E-state index in [4.69, 9.17) is 0 Å². The average Bonchev–Trinajstić information content (AvgIpc) is 2.74. The summed E-state index contributed by atoms with van der Waals surface area (Å²) in [6.45, 7) is 8.12. The number of H-pyrrole nitrogens is 1. The van der Waals surface area contributed by atoms with Crippen LogP contribution in [0.5, 0.6) is 0 Å². The predicted molar refractivity (Wildman–Crippen MR) is 81.5 cm³/mol. The summed E-state index contributed by atoms with van der Waals surface area (Å²) < 4.78 is 0. The first-order valence-electron chi connectivity index (χ1n) is 6.76. The number of benzene rings is 1. The number of aromatic amines is 1. The minimum Gasteiger partial charge on any atom is -0.326 e. The van der Waals surface area contributed by atoms with Crippen LogP contribution in [0.3, 0.4) is 0 Å². The van der Waals surface area contributed by atoms with E-state index in [1.165, 1.54) is 0 Å². The number of aryl methyl sites for hydroxylation is 1. The fraction of sp³-hybridized carbons (Fsp3) is 0.375. The maximum Gasteiger partial charge on any atom is 0.224 e. The second kappa shape index (κ2) is 5.49. The number of aromatic nitrogens is 2. The number of hydrogen-bond donors (Lipinski definition) is 2. The van der Waals surface area contributed by atoms with Crippen molar-refractivity contribution in [1.82, 2.24) is 10.2 Å². The molecule has 1 amide bonds. The lowest BCUT2D eigenvalue weighted by atomic mass is 9.92. The summed E-state index contributed by atoms with van der Waals surface area (Å²) in [6, 6.07) is 9.72. The van der Waals surface area contributed by atoms with Gasteiger partial charge in [-0.15, -0.1) is 0 Å². The van der Waals surface area contributed by atoms with Gasteiger partial charge >= 0.3 is 0 Å². The Morgan fingerprint density at radius 1 is 1.25 bits per heavy atom. The summed E-state index contributed by atoms with van der Waals surface area (Å²) in [5.41, 5.74) is 3.78. The SMILES string of the molecule is Cc1cc(-c2ccc(NC(=O)CC(C)(C)C)cc2)n[nH]1. The summed E-state index contributed by atoms with van der Waals surface area (Å²) in [6.07, 6.45) is 0.507. The molecule has 0 saturated heterocycles. The molecule has 4 heteroatoms. The van der Waals surface area contributed by atoms with Gasteiger partial charge in [-0.2, -0.15) is 5.10 Å². The molecule has 20 heavy (non-hydrogen) atoms. The molecular formula is C16H21N3O. The van der Waals surface area contributed by atoms with Crippen LogP contribution in [0.25, 0.3) is 11.3 Å². The molecule has 106 valence electrons. The summed E-state index contributed by atoms with van der Waals surface area (Å²) in [5, 5.41) is 10.0. The van der Waals surface area contributed by atoms with Crippen LogP contribution >= 0.6 is 0 Å². The van der Waals surface area contributed by atoms with Crippen LogP contribution < -0.4 is 5.32 Å². The molecule has 0 radical (unpaired) electrons. The van der Waals surface area contributed by atoms with Gasteiger partial charge in [0.2, 0.25) is 5.91 Å².